The molecule has 26 heavy (non-hydrogen) atoms. The lowest BCUT2D eigenvalue weighted by atomic mass is 9.87. The minimum absolute atomic E-state index is 0.0355. The molecule has 0 heterocycles. The Balaban J connectivity index is 2.84. The molecular formula is C23H30O3. The van der Waals surface area contributed by atoms with Gasteiger partial charge in [-0.25, -0.2) is 0 Å². The topological polar surface area (TPSA) is 43.4 Å². The first-order chi connectivity index (χ1) is 12.5. The van der Waals surface area contributed by atoms with Gasteiger partial charge in [0.1, 0.15) is 0 Å². The van der Waals surface area contributed by atoms with Crippen LogP contribution in [0, 0.1) is 24.2 Å². The zero-order valence-electron chi connectivity index (χ0n) is 16.2. The molecule has 0 aromatic heterocycles. The lowest BCUT2D eigenvalue weighted by molar-refractivity contribution is -0.144. The van der Waals surface area contributed by atoms with E-state index < -0.39 is 0 Å². The standard InChI is InChI=1S/C23H30O3/c1-5-10-19(11-6-2)21(17-23(25)26-15-14-18(3)4)16-22(24)20-12-8-7-9-13-20/h1,6,8,10-13,18,21H,7,9,14-17H2,2-4H3/b11-6-,19-10+. The van der Waals surface area contributed by atoms with E-state index in [1.165, 1.54) is 0 Å². The Morgan fingerprint density at radius 2 is 2.08 bits per heavy atom. The summed E-state index contributed by atoms with van der Waals surface area (Å²) < 4.78 is 5.34. The molecule has 3 nitrogen and oxygen atoms in total. The van der Waals surface area contributed by atoms with Crippen LogP contribution in [0.5, 0.6) is 0 Å². The predicted molar refractivity (Wildman–Crippen MR) is 106 cm³/mol. The molecule has 1 aliphatic rings. The summed E-state index contributed by atoms with van der Waals surface area (Å²) in [5.41, 5.74) is 1.53. The fraction of sp³-hybridized carbons (Fsp3) is 0.478. The van der Waals surface area contributed by atoms with Crippen molar-refractivity contribution in [1.82, 2.24) is 0 Å². The molecule has 3 heteroatoms. The Kier molecular flexibility index (Phi) is 10.1. The van der Waals surface area contributed by atoms with Gasteiger partial charge in [-0.3, -0.25) is 9.59 Å². The van der Waals surface area contributed by atoms with Crippen LogP contribution in [0.4, 0.5) is 0 Å². The first kappa shape index (κ1) is 21.7. The highest BCUT2D eigenvalue weighted by atomic mass is 16.5. The maximum atomic E-state index is 12.6. The number of esters is 1. The second kappa shape index (κ2) is 12.1. The molecule has 0 amide bonds. The van der Waals surface area contributed by atoms with Gasteiger partial charge in [0.05, 0.1) is 13.0 Å². The molecule has 0 aromatic rings. The summed E-state index contributed by atoms with van der Waals surface area (Å²) in [6.07, 6.45) is 19.7. The molecule has 140 valence electrons. The van der Waals surface area contributed by atoms with Crippen LogP contribution in [0.25, 0.3) is 0 Å². The monoisotopic (exact) mass is 354 g/mol. The molecule has 1 aliphatic carbocycles. The number of hydrogen-bond donors (Lipinski definition) is 0. The van der Waals surface area contributed by atoms with Gasteiger partial charge in [-0.1, -0.05) is 50.1 Å². The average Bonchev–Trinajstić information content (AvgIpc) is 2.61. The van der Waals surface area contributed by atoms with Crippen LogP contribution in [0.15, 0.2) is 47.6 Å². The average molecular weight is 354 g/mol. The molecule has 0 fully saturated rings. The van der Waals surface area contributed by atoms with Gasteiger partial charge in [0, 0.05) is 17.9 Å². The van der Waals surface area contributed by atoms with Crippen LogP contribution in [0.1, 0.15) is 52.9 Å². The Labute approximate surface area is 157 Å². The molecule has 0 aromatic carbocycles. The third-order valence-corrected chi connectivity index (χ3v) is 4.20. The molecule has 1 atom stereocenters. The fourth-order valence-corrected chi connectivity index (χ4v) is 2.73. The molecule has 0 spiro atoms. The number of hydrogen-bond acceptors (Lipinski definition) is 3. The lowest BCUT2D eigenvalue weighted by Crippen LogP contribution is -2.18. The van der Waals surface area contributed by atoms with Crippen molar-refractivity contribution < 1.29 is 14.3 Å². The number of rotatable bonds is 10. The third-order valence-electron chi connectivity index (χ3n) is 4.20. The number of ether oxygens (including phenoxy) is 1. The summed E-state index contributed by atoms with van der Waals surface area (Å²) in [5.74, 6) is 2.46. The van der Waals surface area contributed by atoms with Crippen molar-refractivity contribution in [1.29, 1.82) is 0 Å². The largest absolute Gasteiger partial charge is 0.466 e. The number of ketones is 1. The minimum Gasteiger partial charge on any atom is -0.466 e. The second-order valence-corrected chi connectivity index (χ2v) is 6.88. The van der Waals surface area contributed by atoms with E-state index >= 15 is 0 Å². The van der Waals surface area contributed by atoms with Crippen LogP contribution >= 0.6 is 0 Å². The molecule has 0 radical (unpaired) electrons. The molecule has 0 saturated carbocycles. The van der Waals surface area contributed by atoms with Gasteiger partial charge in [0.25, 0.3) is 0 Å². The van der Waals surface area contributed by atoms with Gasteiger partial charge >= 0.3 is 5.97 Å². The van der Waals surface area contributed by atoms with Crippen molar-refractivity contribution in [2.45, 2.75) is 52.9 Å². The van der Waals surface area contributed by atoms with Gasteiger partial charge in [0.2, 0.25) is 0 Å². The van der Waals surface area contributed by atoms with E-state index in [1.54, 1.807) is 6.08 Å². The van der Waals surface area contributed by atoms with E-state index in [2.05, 4.69) is 19.8 Å². The van der Waals surface area contributed by atoms with Crippen LogP contribution in [-0.2, 0) is 14.3 Å². The predicted octanol–water partition coefficient (Wildman–Crippen LogP) is 4.95. The number of terminal acetylenes is 1. The summed E-state index contributed by atoms with van der Waals surface area (Å²) >= 11 is 0. The van der Waals surface area contributed by atoms with Crippen molar-refractivity contribution in [3.05, 3.63) is 47.6 Å². The lowest BCUT2D eigenvalue weighted by Gasteiger charge is -2.18. The maximum absolute atomic E-state index is 12.6. The molecule has 0 aliphatic heterocycles. The van der Waals surface area contributed by atoms with Crippen molar-refractivity contribution in [3.63, 3.8) is 0 Å². The highest BCUT2D eigenvalue weighted by Crippen LogP contribution is 2.25. The van der Waals surface area contributed by atoms with Crippen LogP contribution in [0.3, 0.4) is 0 Å². The number of Topliss-reactive ketones (excluding diaryl/α,β-unsaturated/α-hetero) is 1. The first-order valence-corrected chi connectivity index (χ1v) is 9.32. The Hall–Kier alpha value is -2.34. The first-order valence-electron chi connectivity index (χ1n) is 9.32. The van der Waals surface area contributed by atoms with Gasteiger partial charge in [-0.05, 0) is 43.8 Å². The minimum atomic E-state index is -0.288. The maximum Gasteiger partial charge on any atom is 0.306 e. The highest BCUT2D eigenvalue weighted by Gasteiger charge is 2.22. The van der Waals surface area contributed by atoms with Gasteiger partial charge in [-0.2, -0.15) is 0 Å². The van der Waals surface area contributed by atoms with E-state index in [1.807, 2.05) is 37.3 Å². The Morgan fingerprint density at radius 1 is 1.31 bits per heavy atom. The summed E-state index contributed by atoms with van der Waals surface area (Å²) in [7, 11) is 0. The van der Waals surface area contributed by atoms with E-state index in [0.29, 0.717) is 12.5 Å². The normalized spacial score (nSPS) is 15.7. The van der Waals surface area contributed by atoms with E-state index in [9.17, 15) is 9.59 Å². The molecule has 0 saturated heterocycles. The highest BCUT2D eigenvalue weighted by molar-refractivity contribution is 5.98. The quantitative estimate of drug-likeness (QED) is 0.317. The molecular weight excluding hydrogens is 324 g/mol. The zero-order chi connectivity index (χ0) is 19.4. The van der Waals surface area contributed by atoms with Crippen molar-refractivity contribution in [3.8, 4) is 12.3 Å². The third kappa shape index (κ3) is 8.16. The van der Waals surface area contributed by atoms with Crippen molar-refractivity contribution in [2.75, 3.05) is 6.61 Å². The van der Waals surface area contributed by atoms with Crippen molar-refractivity contribution >= 4 is 11.8 Å². The van der Waals surface area contributed by atoms with E-state index in [-0.39, 0.29) is 30.5 Å². The SMILES string of the molecule is C#C/C=C(\C=C/C)C(CC(=O)OCCC(C)C)CC(=O)C1=CCCC=C1. The molecule has 1 unspecified atom stereocenters. The van der Waals surface area contributed by atoms with Crippen LogP contribution < -0.4 is 0 Å². The van der Waals surface area contributed by atoms with Crippen LogP contribution in [0.2, 0.25) is 0 Å². The summed E-state index contributed by atoms with van der Waals surface area (Å²) in [6.45, 7) is 6.46. The van der Waals surface area contributed by atoms with E-state index in [4.69, 9.17) is 11.2 Å². The second-order valence-electron chi connectivity index (χ2n) is 6.88. The molecule has 0 N–H and O–H groups in total. The number of carbonyl (C=O) groups is 2. The number of carbonyl (C=O) groups excluding carboxylic acids is 2. The van der Waals surface area contributed by atoms with Gasteiger partial charge in [-0.15, -0.1) is 6.42 Å². The van der Waals surface area contributed by atoms with Crippen LogP contribution in [-0.4, -0.2) is 18.4 Å². The van der Waals surface area contributed by atoms with Gasteiger partial charge in [0.15, 0.2) is 5.78 Å². The molecule has 1 rings (SSSR count). The fourth-order valence-electron chi connectivity index (χ4n) is 2.73. The zero-order valence-corrected chi connectivity index (χ0v) is 16.2. The van der Waals surface area contributed by atoms with Gasteiger partial charge < -0.3 is 4.74 Å². The Bertz CT molecular complexity index is 639. The molecule has 0 bridgehead atoms. The van der Waals surface area contributed by atoms with E-state index in [0.717, 1.165) is 30.4 Å². The Morgan fingerprint density at radius 3 is 2.65 bits per heavy atom. The summed E-state index contributed by atoms with van der Waals surface area (Å²) in [4.78, 5) is 24.9. The van der Waals surface area contributed by atoms with Crippen molar-refractivity contribution in [2.24, 2.45) is 11.8 Å². The smallest absolute Gasteiger partial charge is 0.306 e. The summed E-state index contributed by atoms with van der Waals surface area (Å²) in [5, 5.41) is 0. The summed E-state index contributed by atoms with van der Waals surface area (Å²) in [6, 6.07) is 0. The number of allylic oxidation sites excluding steroid dienone is 8.